The SMILES string of the molecule is COc1cccc(C(CNC(=O)CCc2ccsc2)N(C)C)c1. The van der Waals surface area contributed by atoms with E-state index in [-0.39, 0.29) is 11.9 Å². The molecule has 0 spiro atoms. The third-order valence-electron chi connectivity index (χ3n) is 3.82. The highest BCUT2D eigenvalue weighted by Gasteiger charge is 2.16. The van der Waals surface area contributed by atoms with E-state index in [9.17, 15) is 4.79 Å². The number of carbonyl (C=O) groups excluding carboxylic acids is 1. The molecule has 0 aliphatic heterocycles. The molecule has 1 heterocycles. The summed E-state index contributed by atoms with van der Waals surface area (Å²) in [5.74, 6) is 0.920. The van der Waals surface area contributed by atoms with E-state index in [0.29, 0.717) is 13.0 Å². The monoisotopic (exact) mass is 332 g/mol. The molecule has 4 nitrogen and oxygen atoms in total. The average Bonchev–Trinajstić information content (AvgIpc) is 3.06. The van der Waals surface area contributed by atoms with Crippen molar-refractivity contribution in [2.45, 2.75) is 18.9 Å². The van der Waals surface area contributed by atoms with Crippen LogP contribution in [-0.4, -0.2) is 38.6 Å². The summed E-state index contributed by atoms with van der Waals surface area (Å²) in [6.07, 6.45) is 1.32. The first-order valence-electron chi connectivity index (χ1n) is 7.68. The number of ether oxygens (including phenoxy) is 1. The number of methoxy groups -OCH3 is 1. The second-order valence-corrected chi connectivity index (χ2v) is 6.47. The lowest BCUT2D eigenvalue weighted by atomic mass is 10.1. The van der Waals surface area contributed by atoms with Gasteiger partial charge in [-0.25, -0.2) is 0 Å². The van der Waals surface area contributed by atoms with Gasteiger partial charge in [-0.1, -0.05) is 12.1 Å². The molecule has 5 heteroatoms. The van der Waals surface area contributed by atoms with Crippen LogP contribution in [0.2, 0.25) is 0 Å². The zero-order valence-corrected chi connectivity index (χ0v) is 14.7. The van der Waals surface area contributed by atoms with Crippen LogP contribution in [0.5, 0.6) is 5.75 Å². The third kappa shape index (κ3) is 5.37. The molecule has 1 atom stereocenters. The van der Waals surface area contributed by atoms with E-state index in [1.165, 1.54) is 5.56 Å². The summed E-state index contributed by atoms with van der Waals surface area (Å²) < 4.78 is 5.29. The molecule has 1 amide bonds. The third-order valence-corrected chi connectivity index (χ3v) is 4.55. The summed E-state index contributed by atoms with van der Waals surface area (Å²) in [5.41, 5.74) is 2.36. The Hall–Kier alpha value is -1.85. The molecule has 0 aliphatic carbocycles. The molecular formula is C18H24N2O2S. The van der Waals surface area contributed by atoms with Crippen molar-refractivity contribution in [1.29, 1.82) is 0 Å². The van der Waals surface area contributed by atoms with Gasteiger partial charge in [0, 0.05) is 13.0 Å². The van der Waals surface area contributed by atoms with Crippen molar-refractivity contribution in [2.75, 3.05) is 27.7 Å². The normalized spacial score (nSPS) is 12.2. The number of likely N-dealkylation sites (N-methyl/N-ethyl adjacent to an activating group) is 1. The van der Waals surface area contributed by atoms with Crippen LogP contribution < -0.4 is 10.1 Å². The van der Waals surface area contributed by atoms with Gasteiger partial charge in [0.05, 0.1) is 13.2 Å². The minimum atomic E-state index is 0.0888. The summed E-state index contributed by atoms with van der Waals surface area (Å²) in [4.78, 5) is 14.2. The van der Waals surface area contributed by atoms with Gasteiger partial charge in [0.1, 0.15) is 5.75 Å². The van der Waals surface area contributed by atoms with Crippen LogP contribution in [0.15, 0.2) is 41.1 Å². The Morgan fingerprint density at radius 3 is 2.83 bits per heavy atom. The van der Waals surface area contributed by atoms with Crippen LogP contribution in [0.3, 0.4) is 0 Å². The van der Waals surface area contributed by atoms with Crippen molar-refractivity contribution in [2.24, 2.45) is 0 Å². The molecule has 124 valence electrons. The van der Waals surface area contributed by atoms with Gasteiger partial charge in [0.2, 0.25) is 5.91 Å². The molecule has 0 fully saturated rings. The number of benzene rings is 1. The summed E-state index contributed by atoms with van der Waals surface area (Å²) in [7, 11) is 5.69. The van der Waals surface area contributed by atoms with Crippen molar-refractivity contribution in [3.05, 3.63) is 52.2 Å². The first-order valence-corrected chi connectivity index (χ1v) is 8.62. The van der Waals surface area contributed by atoms with Gasteiger partial charge in [0.15, 0.2) is 0 Å². The average molecular weight is 332 g/mol. The predicted octanol–water partition coefficient (Wildman–Crippen LogP) is 3.11. The van der Waals surface area contributed by atoms with Crippen molar-refractivity contribution in [3.63, 3.8) is 0 Å². The van der Waals surface area contributed by atoms with E-state index in [2.05, 4.69) is 27.7 Å². The van der Waals surface area contributed by atoms with Gasteiger partial charge >= 0.3 is 0 Å². The summed E-state index contributed by atoms with van der Waals surface area (Å²) in [6, 6.07) is 10.2. The molecule has 0 saturated heterocycles. The highest BCUT2D eigenvalue weighted by molar-refractivity contribution is 7.07. The van der Waals surface area contributed by atoms with E-state index < -0.39 is 0 Å². The van der Waals surface area contributed by atoms with E-state index >= 15 is 0 Å². The summed E-state index contributed by atoms with van der Waals surface area (Å²) in [6.45, 7) is 0.586. The molecule has 0 radical (unpaired) electrons. The summed E-state index contributed by atoms with van der Waals surface area (Å²) >= 11 is 1.66. The fraction of sp³-hybridized carbons (Fsp3) is 0.389. The molecule has 2 rings (SSSR count). The molecule has 0 aliphatic rings. The van der Waals surface area contributed by atoms with E-state index in [1.807, 2.05) is 37.7 Å². The Kier molecular flexibility index (Phi) is 6.62. The molecule has 1 unspecified atom stereocenters. The van der Waals surface area contributed by atoms with Crippen LogP contribution >= 0.6 is 11.3 Å². The minimum absolute atomic E-state index is 0.0888. The van der Waals surface area contributed by atoms with Crippen molar-refractivity contribution >= 4 is 17.2 Å². The lowest BCUT2D eigenvalue weighted by Gasteiger charge is -2.25. The van der Waals surface area contributed by atoms with Crippen molar-refractivity contribution in [1.82, 2.24) is 10.2 Å². The Bertz CT molecular complexity index is 611. The maximum absolute atomic E-state index is 12.1. The minimum Gasteiger partial charge on any atom is -0.497 e. The first kappa shape index (κ1) is 17.5. The Morgan fingerprint density at radius 1 is 1.35 bits per heavy atom. The lowest BCUT2D eigenvalue weighted by molar-refractivity contribution is -0.121. The Morgan fingerprint density at radius 2 is 2.17 bits per heavy atom. The molecule has 1 N–H and O–H groups in total. The number of amides is 1. The number of thiophene rings is 1. The number of nitrogens with zero attached hydrogens (tertiary/aromatic N) is 1. The van der Waals surface area contributed by atoms with Gasteiger partial charge in [-0.15, -0.1) is 0 Å². The second-order valence-electron chi connectivity index (χ2n) is 5.69. The molecule has 23 heavy (non-hydrogen) atoms. The van der Waals surface area contributed by atoms with Crippen molar-refractivity contribution in [3.8, 4) is 5.75 Å². The zero-order valence-electron chi connectivity index (χ0n) is 13.9. The predicted molar refractivity (Wildman–Crippen MR) is 95.1 cm³/mol. The van der Waals surface area contributed by atoms with Gasteiger partial charge in [-0.3, -0.25) is 4.79 Å². The van der Waals surface area contributed by atoms with Crippen LogP contribution in [-0.2, 0) is 11.2 Å². The smallest absolute Gasteiger partial charge is 0.220 e. The largest absolute Gasteiger partial charge is 0.497 e. The molecular weight excluding hydrogens is 308 g/mol. The van der Waals surface area contributed by atoms with Gasteiger partial charge in [-0.2, -0.15) is 11.3 Å². The molecule has 0 bridgehead atoms. The quantitative estimate of drug-likeness (QED) is 0.807. The fourth-order valence-corrected chi connectivity index (χ4v) is 3.14. The number of hydrogen-bond donors (Lipinski definition) is 1. The highest BCUT2D eigenvalue weighted by atomic mass is 32.1. The van der Waals surface area contributed by atoms with Crippen LogP contribution in [0.1, 0.15) is 23.6 Å². The highest BCUT2D eigenvalue weighted by Crippen LogP contribution is 2.22. The molecule has 1 aromatic heterocycles. The maximum atomic E-state index is 12.1. The zero-order chi connectivity index (χ0) is 16.7. The molecule has 0 saturated carbocycles. The topological polar surface area (TPSA) is 41.6 Å². The van der Waals surface area contributed by atoms with Crippen LogP contribution in [0.25, 0.3) is 0 Å². The van der Waals surface area contributed by atoms with Gasteiger partial charge in [-0.05, 0) is 60.6 Å². The summed E-state index contributed by atoms with van der Waals surface area (Å²) in [5, 5.41) is 7.17. The van der Waals surface area contributed by atoms with Gasteiger partial charge < -0.3 is 15.0 Å². The molecule has 2 aromatic rings. The van der Waals surface area contributed by atoms with Gasteiger partial charge in [0.25, 0.3) is 0 Å². The van der Waals surface area contributed by atoms with Crippen LogP contribution in [0.4, 0.5) is 0 Å². The second kappa shape index (κ2) is 8.70. The molecule has 1 aromatic carbocycles. The lowest BCUT2D eigenvalue weighted by Crippen LogP contribution is -2.34. The first-order chi connectivity index (χ1) is 11.1. The fourth-order valence-electron chi connectivity index (χ4n) is 2.44. The number of rotatable bonds is 8. The van der Waals surface area contributed by atoms with E-state index in [4.69, 9.17) is 4.74 Å². The number of hydrogen-bond acceptors (Lipinski definition) is 4. The number of nitrogens with one attached hydrogen (secondary N) is 1. The van der Waals surface area contributed by atoms with Crippen molar-refractivity contribution < 1.29 is 9.53 Å². The number of aryl methyl sites for hydroxylation is 1. The maximum Gasteiger partial charge on any atom is 0.220 e. The Balaban J connectivity index is 1.90. The number of carbonyl (C=O) groups is 1. The Labute approximate surface area is 142 Å². The van der Waals surface area contributed by atoms with E-state index in [1.54, 1.807) is 18.4 Å². The van der Waals surface area contributed by atoms with E-state index in [0.717, 1.165) is 17.7 Å². The van der Waals surface area contributed by atoms with Crippen LogP contribution in [0, 0.1) is 0 Å². The standard InChI is InChI=1S/C18H24N2O2S/c1-20(2)17(15-5-4-6-16(11-15)22-3)12-19-18(21)8-7-14-9-10-23-13-14/h4-6,9-11,13,17H,7-8,12H2,1-3H3,(H,19,21).